The fraction of sp³-hybridized carbons (Fsp3) is 0.222. The molecule has 0 unspecified atom stereocenters. The SMILES string of the molecule is COc1ccc([N+](=O)[O-])cc1NC(=S)N[C@H](NC(=O)c1cccc(C)c1)C(Cl)(Cl)Cl. The van der Waals surface area contributed by atoms with Crippen LogP contribution in [0.4, 0.5) is 11.4 Å². The lowest BCUT2D eigenvalue weighted by Crippen LogP contribution is -2.56. The van der Waals surface area contributed by atoms with Crippen LogP contribution in [-0.4, -0.2) is 33.0 Å². The summed E-state index contributed by atoms with van der Waals surface area (Å²) >= 11 is 23.2. The zero-order valence-corrected chi connectivity index (χ0v) is 18.8. The van der Waals surface area contributed by atoms with E-state index in [2.05, 4.69) is 16.0 Å². The van der Waals surface area contributed by atoms with Gasteiger partial charge in [0.05, 0.1) is 17.7 Å². The number of amides is 1. The van der Waals surface area contributed by atoms with Crippen LogP contribution in [0.25, 0.3) is 0 Å². The summed E-state index contributed by atoms with van der Waals surface area (Å²) in [7, 11) is 1.40. The van der Waals surface area contributed by atoms with Crippen molar-refractivity contribution in [2.75, 3.05) is 12.4 Å². The van der Waals surface area contributed by atoms with Crippen LogP contribution in [0.3, 0.4) is 0 Å². The molecule has 0 aliphatic carbocycles. The summed E-state index contributed by atoms with van der Waals surface area (Å²) in [5.74, 6) is -0.183. The normalized spacial score (nSPS) is 11.9. The lowest BCUT2D eigenvalue weighted by molar-refractivity contribution is -0.384. The Balaban J connectivity index is 2.17. The predicted octanol–water partition coefficient (Wildman–Crippen LogP) is 4.32. The number of carbonyl (C=O) groups is 1. The molecular weight excluding hydrogens is 475 g/mol. The van der Waals surface area contributed by atoms with E-state index in [1.165, 1.54) is 25.3 Å². The van der Waals surface area contributed by atoms with Gasteiger partial charge in [0.2, 0.25) is 3.79 Å². The van der Waals surface area contributed by atoms with Crippen LogP contribution < -0.4 is 20.7 Å². The molecule has 160 valence electrons. The number of non-ortho nitro benzene ring substituents is 1. The van der Waals surface area contributed by atoms with Gasteiger partial charge in [0.1, 0.15) is 11.9 Å². The van der Waals surface area contributed by atoms with Crippen LogP contribution in [0.5, 0.6) is 5.75 Å². The van der Waals surface area contributed by atoms with Crippen LogP contribution in [0.1, 0.15) is 15.9 Å². The number of aryl methyl sites for hydroxylation is 1. The minimum atomic E-state index is -1.96. The summed E-state index contributed by atoms with van der Waals surface area (Å²) in [6, 6.07) is 10.8. The number of anilines is 1. The highest BCUT2D eigenvalue weighted by Gasteiger charge is 2.35. The van der Waals surface area contributed by atoms with Crippen LogP contribution in [0.15, 0.2) is 42.5 Å². The highest BCUT2D eigenvalue weighted by Crippen LogP contribution is 2.31. The number of ether oxygens (including phenoxy) is 1. The van der Waals surface area contributed by atoms with Gasteiger partial charge in [-0.05, 0) is 37.3 Å². The van der Waals surface area contributed by atoms with Gasteiger partial charge in [0.15, 0.2) is 5.11 Å². The Morgan fingerprint density at radius 1 is 1.20 bits per heavy atom. The summed E-state index contributed by atoms with van der Waals surface area (Å²) in [5, 5.41) is 19.0. The second-order valence-electron chi connectivity index (χ2n) is 6.06. The highest BCUT2D eigenvalue weighted by atomic mass is 35.6. The van der Waals surface area contributed by atoms with Gasteiger partial charge >= 0.3 is 0 Å². The number of nitro groups is 1. The Morgan fingerprint density at radius 3 is 2.47 bits per heavy atom. The molecule has 0 saturated heterocycles. The number of thiocarbonyl (C=S) groups is 1. The second-order valence-corrected chi connectivity index (χ2v) is 8.83. The van der Waals surface area contributed by atoms with Crippen molar-refractivity contribution in [3.8, 4) is 5.75 Å². The molecule has 12 heteroatoms. The second kappa shape index (κ2) is 10.1. The smallest absolute Gasteiger partial charge is 0.271 e. The van der Waals surface area contributed by atoms with E-state index in [0.29, 0.717) is 11.3 Å². The first-order chi connectivity index (χ1) is 14.0. The minimum Gasteiger partial charge on any atom is -0.495 e. The molecule has 0 aromatic heterocycles. The van der Waals surface area contributed by atoms with E-state index in [4.69, 9.17) is 51.8 Å². The maximum Gasteiger partial charge on any atom is 0.271 e. The molecule has 0 spiro atoms. The molecule has 0 fully saturated rings. The largest absolute Gasteiger partial charge is 0.495 e. The van der Waals surface area contributed by atoms with Crippen molar-refractivity contribution in [2.45, 2.75) is 16.9 Å². The van der Waals surface area contributed by atoms with E-state index < -0.39 is 20.8 Å². The minimum absolute atomic E-state index is 0.0605. The van der Waals surface area contributed by atoms with Gasteiger partial charge in [-0.15, -0.1) is 0 Å². The Kier molecular flexibility index (Phi) is 8.08. The van der Waals surface area contributed by atoms with Crippen molar-refractivity contribution < 1.29 is 14.5 Å². The zero-order valence-electron chi connectivity index (χ0n) is 15.7. The zero-order chi connectivity index (χ0) is 22.5. The van der Waals surface area contributed by atoms with Gasteiger partial charge in [-0.3, -0.25) is 14.9 Å². The number of methoxy groups -OCH3 is 1. The molecule has 2 aromatic rings. The number of carbonyl (C=O) groups excluding carboxylic acids is 1. The highest BCUT2D eigenvalue weighted by molar-refractivity contribution is 7.80. The number of hydrogen-bond acceptors (Lipinski definition) is 5. The fourth-order valence-electron chi connectivity index (χ4n) is 2.40. The molecule has 0 heterocycles. The fourth-order valence-corrected chi connectivity index (χ4v) is 2.95. The van der Waals surface area contributed by atoms with Crippen molar-refractivity contribution in [1.29, 1.82) is 0 Å². The van der Waals surface area contributed by atoms with Crippen LogP contribution in [-0.2, 0) is 0 Å². The third-order valence-electron chi connectivity index (χ3n) is 3.80. The average molecular weight is 492 g/mol. The molecular formula is C18H17Cl3N4O4S. The molecule has 0 bridgehead atoms. The van der Waals surface area contributed by atoms with Gasteiger partial charge in [0, 0.05) is 17.7 Å². The van der Waals surface area contributed by atoms with E-state index in [0.717, 1.165) is 5.56 Å². The van der Waals surface area contributed by atoms with Gasteiger partial charge < -0.3 is 20.7 Å². The molecule has 3 N–H and O–H groups in total. The summed E-state index contributed by atoms with van der Waals surface area (Å²) in [5.41, 5.74) is 1.30. The molecule has 0 aliphatic heterocycles. The van der Waals surface area contributed by atoms with Gasteiger partial charge in [-0.25, -0.2) is 0 Å². The predicted molar refractivity (Wildman–Crippen MR) is 122 cm³/mol. The molecule has 2 aromatic carbocycles. The topological polar surface area (TPSA) is 106 Å². The molecule has 2 rings (SSSR count). The summed E-state index contributed by atoms with van der Waals surface area (Å²) < 4.78 is 3.21. The number of halogens is 3. The molecule has 8 nitrogen and oxygen atoms in total. The molecule has 1 amide bonds. The van der Waals surface area contributed by atoms with Gasteiger partial charge in [0.25, 0.3) is 11.6 Å². The molecule has 0 radical (unpaired) electrons. The first-order valence-corrected chi connectivity index (χ1v) is 9.89. The van der Waals surface area contributed by atoms with E-state index in [-0.39, 0.29) is 16.5 Å². The number of nitrogens with one attached hydrogen (secondary N) is 3. The van der Waals surface area contributed by atoms with E-state index in [1.54, 1.807) is 18.2 Å². The maximum atomic E-state index is 12.5. The monoisotopic (exact) mass is 490 g/mol. The maximum absolute atomic E-state index is 12.5. The standard InChI is InChI=1S/C18H17Cl3N4O4S/c1-10-4-3-5-11(8-10)15(26)23-16(18(19,20)21)24-17(30)22-13-9-12(25(27)28)6-7-14(13)29-2/h3-9,16H,1-2H3,(H,23,26)(H2,22,24,30)/t16-/m0/s1. The van der Waals surface area contributed by atoms with E-state index in [1.807, 2.05) is 13.0 Å². The van der Waals surface area contributed by atoms with Gasteiger partial charge in [-0.2, -0.15) is 0 Å². The summed E-state index contributed by atoms with van der Waals surface area (Å²) in [6.45, 7) is 1.84. The van der Waals surface area contributed by atoms with Crippen molar-refractivity contribution in [3.63, 3.8) is 0 Å². The number of nitrogens with zero attached hydrogens (tertiary/aromatic N) is 1. The van der Waals surface area contributed by atoms with E-state index >= 15 is 0 Å². The Bertz CT molecular complexity index is 969. The number of hydrogen-bond donors (Lipinski definition) is 3. The Hall–Kier alpha value is -2.33. The first-order valence-electron chi connectivity index (χ1n) is 8.35. The molecule has 0 saturated carbocycles. The number of rotatable bonds is 6. The number of alkyl halides is 3. The van der Waals surface area contributed by atoms with Crippen molar-refractivity contribution in [2.24, 2.45) is 0 Å². The number of benzene rings is 2. The van der Waals surface area contributed by atoms with Gasteiger partial charge in [-0.1, -0.05) is 52.5 Å². The third kappa shape index (κ3) is 6.60. The molecule has 0 aliphatic rings. The summed E-state index contributed by atoms with van der Waals surface area (Å²) in [6.07, 6.45) is -1.21. The molecule has 30 heavy (non-hydrogen) atoms. The lowest BCUT2D eigenvalue weighted by Gasteiger charge is -2.28. The first kappa shape index (κ1) is 23.9. The lowest BCUT2D eigenvalue weighted by atomic mass is 10.1. The Morgan fingerprint density at radius 2 is 1.90 bits per heavy atom. The molecule has 1 atom stereocenters. The van der Waals surface area contributed by atoms with E-state index in [9.17, 15) is 14.9 Å². The van der Waals surface area contributed by atoms with Crippen LogP contribution >= 0.6 is 47.0 Å². The van der Waals surface area contributed by atoms with Crippen molar-refractivity contribution in [1.82, 2.24) is 10.6 Å². The third-order valence-corrected chi connectivity index (χ3v) is 4.68. The van der Waals surface area contributed by atoms with Crippen LogP contribution in [0, 0.1) is 17.0 Å². The number of nitro benzene ring substituents is 1. The van der Waals surface area contributed by atoms with Crippen LogP contribution in [0.2, 0.25) is 0 Å². The van der Waals surface area contributed by atoms with Crippen molar-refractivity contribution >= 4 is 69.4 Å². The average Bonchev–Trinajstić information content (AvgIpc) is 2.66. The summed E-state index contributed by atoms with van der Waals surface area (Å²) in [4.78, 5) is 23.0. The Labute approximate surface area is 193 Å². The quantitative estimate of drug-likeness (QED) is 0.182. The van der Waals surface area contributed by atoms with Crippen molar-refractivity contribution in [3.05, 3.63) is 63.7 Å².